The largest absolute Gasteiger partial charge is 0.442 e. The fourth-order valence-electron chi connectivity index (χ4n) is 2.09. The van der Waals surface area contributed by atoms with Crippen molar-refractivity contribution in [1.82, 2.24) is 0 Å². The van der Waals surface area contributed by atoms with E-state index in [1.807, 2.05) is 27.7 Å². The molecule has 6 N–H and O–H groups in total. The molecule has 0 aliphatic carbocycles. The zero-order chi connectivity index (χ0) is 20.7. The molecule has 0 rings (SSSR count). The molecule has 8 nitrogen and oxygen atoms in total. The Labute approximate surface area is 156 Å². The van der Waals surface area contributed by atoms with Gasteiger partial charge < -0.3 is 19.7 Å². The molecular weight excluding hydrogens is 340 g/mol. The molecular formula is C18H36N2O6. The number of carbonyl (C=O) groups is 2. The van der Waals surface area contributed by atoms with Gasteiger partial charge in [0.25, 0.3) is 0 Å². The Morgan fingerprint density at radius 3 is 1.31 bits per heavy atom. The molecule has 8 heteroatoms. The third-order valence-electron chi connectivity index (χ3n) is 3.89. The average Bonchev–Trinajstić information content (AvgIpc) is 2.48. The zero-order valence-corrected chi connectivity index (χ0v) is 16.8. The molecule has 0 aromatic rings. The monoisotopic (exact) mass is 376 g/mol. The van der Waals surface area contributed by atoms with Crippen molar-refractivity contribution in [3.8, 4) is 0 Å². The highest BCUT2D eigenvalue weighted by Crippen LogP contribution is 2.19. The summed E-state index contributed by atoms with van der Waals surface area (Å²) >= 11 is 0. The third-order valence-corrected chi connectivity index (χ3v) is 3.89. The second-order valence-corrected chi connectivity index (χ2v) is 8.22. The topological polar surface area (TPSA) is 145 Å². The summed E-state index contributed by atoms with van der Waals surface area (Å²) < 4.78 is 10.0. The Balaban J connectivity index is 4.69. The fourth-order valence-corrected chi connectivity index (χ4v) is 2.09. The summed E-state index contributed by atoms with van der Waals surface area (Å²) in [6, 6.07) is 0. The molecule has 0 aromatic heterocycles. The molecule has 0 saturated heterocycles. The van der Waals surface area contributed by atoms with Crippen molar-refractivity contribution >= 4 is 11.9 Å². The van der Waals surface area contributed by atoms with Crippen molar-refractivity contribution < 1.29 is 29.3 Å². The molecule has 0 bridgehead atoms. The SMILES string of the molecule is CC(C)CCC(C)(N)OC(=O)C(O)C(O)C(=O)OC(C)(N)CCC(C)C. The van der Waals surface area contributed by atoms with E-state index in [1.165, 1.54) is 13.8 Å². The van der Waals surface area contributed by atoms with Crippen LogP contribution < -0.4 is 11.5 Å². The molecule has 0 fully saturated rings. The maximum Gasteiger partial charge on any atom is 0.340 e. The van der Waals surface area contributed by atoms with Gasteiger partial charge in [-0.15, -0.1) is 0 Å². The number of carbonyl (C=O) groups excluding carboxylic acids is 2. The summed E-state index contributed by atoms with van der Waals surface area (Å²) in [6.07, 6.45) is -2.04. The van der Waals surface area contributed by atoms with E-state index in [2.05, 4.69) is 0 Å². The van der Waals surface area contributed by atoms with Crippen LogP contribution >= 0.6 is 0 Å². The van der Waals surface area contributed by atoms with Crippen LogP contribution in [-0.4, -0.2) is 45.8 Å². The second kappa shape index (κ2) is 10.2. The number of rotatable bonds is 11. The highest BCUT2D eigenvalue weighted by Gasteiger charge is 2.38. The van der Waals surface area contributed by atoms with Gasteiger partial charge in [-0.2, -0.15) is 0 Å². The van der Waals surface area contributed by atoms with Crippen LogP contribution in [0.2, 0.25) is 0 Å². The fraction of sp³-hybridized carbons (Fsp3) is 0.889. The first-order valence-electron chi connectivity index (χ1n) is 9.06. The quantitative estimate of drug-likeness (QED) is 0.309. The molecule has 26 heavy (non-hydrogen) atoms. The molecule has 0 spiro atoms. The maximum atomic E-state index is 12.0. The summed E-state index contributed by atoms with van der Waals surface area (Å²) in [6.45, 7) is 11.0. The van der Waals surface area contributed by atoms with E-state index in [-0.39, 0.29) is 0 Å². The first kappa shape index (κ1) is 24.8. The van der Waals surface area contributed by atoms with Gasteiger partial charge in [-0.3, -0.25) is 11.5 Å². The number of hydrogen-bond donors (Lipinski definition) is 4. The molecule has 0 radical (unpaired) electrons. The van der Waals surface area contributed by atoms with Gasteiger partial charge in [0.05, 0.1) is 0 Å². The standard InChI is InChI=1S/C18H36N2O6/c1-11(2)7-9-17(5,19)25-15(23)13(21)14(22)16(24)26-18(6,20)10-8-12(3)4/h11-14,21-22H,7-10,19-20H2,1-6H3. The number of ether oxygens (including phenoxy) is 2. The van der Waals surface area contributed by atoms with Crippen LogP contribution in [0.3, 0.4) is 0 Å². The molecule has 0 amide bonds. The van der Waals surface area contributed by atoms with Crippen LogP contribution in [0.5, 0.6) is 0 Å². The van der Waals surface area contributed by atoms with Crippen molar-refractivity contribution in [1.29, 1.82) is 0 Å². The lowest BCUT2D eigenvalue weighted by atomic mass is 10.0. The van der Waals surface area contributed by atoms with Gasteiger partial charge in [0.1, 0.15) is 0 Å². The molecule has 4 unspecified atom stereocenters. The third kappa shape index (κ3) is 10.1. The first-order chi connectivity index (χ1) is 11.7. The Morgan fingerprint density at radius 2 is 1.08 bits per heavy atom. The van der Waals surface area contributed by atoms with Gasteiger partial charge in [-0.05, 0) is 38.5 Å². The molecule has 0 aromatic carbocycles. The number of hydrogen-bond acceptors (Lipinski definition) is 8. The van der Waals surface area contributed by atoms with Crippen molar-refractivity contribution in [2.24, 2.45) is 23.3 Å². The van der Waals surface area contributed by atoms with Crippen LogP contribution in [0.1, 0.15) is 67.2 Å². The first-order valence-corrected chi connectivity index (χ1v) is 9.06. The Hall–Kier alpha value is -1.22. The maximum absolute atomic E-state index is 12.0. The normalized spacial score (nSPS) is 18.8. The van der Waals surface area contributed by atoms with Gasteiger partial charge in [-0.25, -0.2) is 9.59 Å². The van der Waals surface area contributed by atoms with E-state index in [4.69, 9.17) is 20.9 Å². The highest BCUT2D eigenvalue weighted by atomic mass is 16.6. The summed E-state index contributed by atoms with van der Waals surface area (Å²) in [7, 11) is 0. The van der Waals surface area contributed by atoms with E-state index < -0.39 is 35.6 Å². The van der Waals surface area contributed by atoms with Crippen LogP contribution in [0, 0.1) is 11.8 Å². The minimum Gasteiger partial charge on any atom is -0.442 e. The lowest BCUT2D eigenvalue weighted by Gasteiger charge is -2.29. The predicted octanol–water partition coefficient (Wildman–Crippen LogP) is 1.02. The number of aliphatic hydroxyl groups excluding tert-OH is 2. The molecule has 0 saturated carbocycles. The number of aliphatic hydroxyl groups is 2. The van der Waals surface area contributed by atoms with Crippen molar-refractivity contribution in [3.63, 3.8) is 0 Å². The smallest absolute Gasteiger partial charge is 0.340 e. The van der Waals surface area contributed by atoms with E-state index in [1.54, 1.807) is 0 Å². The average molecular weight is 376 g/mol. The number of nitrogens with two attached hydrogens (primary N) is 2. The van der Waals surface area contributed by atoms with Gasteiger partial charge in [0.2, 0.25) is 0 Å². The predicted molar refractivity (Wildman–Crippen MR) is 97.5 cm³/mol. The second-order valence-electron chi connectivity index (χ2n) is 8.22. The minimum absolute atomic E-state index is 0.357. The molecule has 0 aliphatic heterocycles. The van der Waals surface area contributed by atoms with Crippen molar-refractivity contribution in [2.45, 2.75) is 90.9 Å². The van der Waals surface area contributed by atoms with Gasteiger partial charge in [0.15, 0.2) is 23.7 Å². The van der Waals surface area contributed by atoms with Crippen LogP contribution in [0.15, 0.2) is 0 Å². The van der Waals surface area contributed by atoms with E-state index >= 15 is 0 Å². The molecule has 154 valence electrons. The van der Waals surface area contributed by atoms with Crippen LogP contribution in [0.4, 0.5) is 0 Å². The van der Waals surface area contributed by atoms with Crippen molar-refractivity contribution in [2.75, 3.05) is 0 Å². The Kier molecular flexibility index (Phi) is 9.72. The van der Waals surface area contributed by atoms with Gasteiger partial charge >= 0.3 is 11.9 Å². The van der Waals surface area contributed by atoms with Crippen LogP contribution in [-0.2, 0) is 19.1 Å². The summed E-state index contributed by atoms with van der Waals surface area (Å²) in [4.78, 5) is 24.0. The van der Waals surface area contributed by atoms with E-state index in [0.29, 0.717) is 37.5 Å². The molecule has 4 atom stereocenters. The summed E-state index contributed by atoms with van der Waals surface area (Å²) in [5.41, 5.74) is 9.13. The van der Waals surface area contributed by atoms with Crippen LogP contribution in [0.25, 0.3) is 0 Å². The summed E-state index contributed by atoms with van der Waals surface area (Å²) in [5.74, 6) is -1.67. The van der Waals surface area contributed by atoms with Crippen molar-refractivity contribution in [3.05, 3.63) is 0 Å². The van der Waals surface area contributed by atoms with Gasteiger partial charge in [0, 0.05) is 12.8 Å². The lowest BCUT2D eigenvalue weighted by molar-refractivity contribution is -0.188. The molecule has 0 heterocycles. The summed E-state index contributed by atoms with van der Waals surface area (Å²) in [5, 5.41) is 19.8. The Morgan fingerprint density at radius 1 is 0.808 bits per heavy atom. The minimum atomic E-state index is -2.11. The Bertz CT molecular complexity index is 421. The molecule has 0 aliphatic rings. The van der Waals surface area contributed by atoms with Gasteiger partial charge in [-0.1, -0.05) is 27.7 Å². The zero-order valence-electron chi connectivity index (χ0n) is 16.8. The van der Waals surface area contributed by atoms with E-state index in [9.17, 15) is 19.8 Å². The number of esters is 2. The highest BCUT2D eigenvalue weighted by molar-refractivity contribution is 5.85. The van der Waals surface area contributed by atoms with E-state index in [0.717, 1.165) is 0 Å². The lowest BCUT2D eigenvalue weighted by Crippen LogP contribution is -2.51.